The van der Waals surface area contributed by atoms with E-state index in [0.717, 1.165) is 30.2 Å². The van der Waals surface area contributed by atoms with Gasteiger partial charge in [0.15, 0.2) is 5.82 Å². The standard InChI is InChI=1S/C13H20ClN5/c1-9(2)5-15-7-12-10(3)17-18(4)13(12)19-8-11(14)6-16-19/h6,8-9,15H,5,7H2,1-4H3. The maximum atomic E-state index is 5.94. The van der Waals surface area contributed by atoms with E-state index in [1.807, 2.05) is 18.7 Å². The highest BCUT2D eigenvalue weighted by molar-refractivity contribution is 6.30. The largest absolute Gasteiger partial charge is 0.312 e. The van der Waals surface area contributed by atoms with Crippen LogP contribution < -0.4 is 5.32 Å². The lowest BCUT2D eigenvalue weighted by atomic mass is 10.2. The molecule has 0 aliphatic carbocycles. The van der Waals surface area contributed by atoms with Gasteiger partial charge in [0.1, 0.15) is 0 Å². The number of nitrogens with zero attached hydrogens (tertiary/aromatic N) is 4. The zero-order valence-electron chi connectivity index (χ0n) is 11.8. The van der Waals surface area contributed by atoms with Crippen molar-refractivity contribution in [2.24, 2.45) is 13.0 Å². The Balaban J connectivity index is 2.27. The summed E-state index contributed by atoms with van der Waals surface area (Å²) in [5, 5.41) is 12.8. The number of rotatable bonds is 5. The maximum absolute atomic E-state index is 5.94. The molecule has 0 unspecified atom stereocenters. The van der Waals surface area contributed by atoms with Crippen molar-refractivity contribution in [3.05, 3.63) is 28.7 Å². The first kappa shape index (κ1) is 14.1. The number of aryl methyl sites for hydroxylation is 2. The summed E-state index contributed by atoms with van der Waals surface area (Å²) in [5.74, 6) is 1.58. The van der Waals surface area contributed by atoms with Crippen LogP contribution in [0.1, 0.15) is 25.1 Å². The molecule has 19 heavy (non-hydrogen) atoms. The van der Waals surface area contributed by atoms with Gasteiger partial charge in [0, 0.05) is 19.2 Å². The average Bonchev–Trinajstić information content (AvgIpc) is 2.83. The van der Waals surface area contributed by atoms with Crippen molar-refractivity contribution in [1.29, 1.82) is 0 Å². The second-order valence-electron chi connectivity index (χ2n) is 5.14. The van der Waals surface area contributed by atoms with E-state index in [4.69, 9.17) is 11.6 Å². The van der Waals surface area contributed by atoms with Crippen LogP contribution in [0.4, 0.5) is 0 Å². The molecule has 5 nitrogen and oxygen atoms in total. The molecule has 2 rings (SSSR count). The summed E-state index contributed by atoms with van der Waals surface area (Å²) < 4.78 is 3.61. The van der Waals surface area contributed by atoms with E-state index in [0.29, 0.717) is 10.9 Å². The highest BCUT2D eigenvalue weighted by Crippen LogP contribution is 2.19. The summed E-state index contributed by atoms with van der Waals surface area (Å²) in [6.07, 6.45) is 3.43. The average molecular weight is 282 g/mol. The van der Waals surface area contributed by atoms with E-state index >= 15 is 0 Å². The predicted octanol–water partition coefficient (Wildman–Crippen LogP) is 2.31. The van der Waals surface area contributed by atoms with Gasteiger partial charge in [0.05, 0.1) is 23.1 Å². The van der Waals surface area contributed by atoms with Crippen LogP contribution in [0.5, 0.6) is 0 Å². The third kappa shape index (κ3) is 3.16. The second-order valence-corrected chi connectivity index (χ2v) is 5.58. The Morgan fingerprint density at radius 2 is 2.16 bits per heavy atom. The van der Waals surface area contributed by atoms with Crippen molar-refractivity contribution in [3.63, 3.8) is 0 Å². The summed E-state index contributed by atoms with van der Waals surface area (Å²) in [7, 11) is 1.92. The molecule has 0 radical (unpaired) electrons. The highest BCUT2D eigenvalue weighted by atomic mass is 35.5. The van der Waals surface area contributed by atoms with E-state index < -0.39 is 0 Å². The number of nitrogens with one attached hydrogen (secondary N) is 1. The first-order chi connectivity index (χ1) is 8.99. The topological polar surface area (TPSA) is 47.7 Å². The molecule has 0 atom stereocenters. The van der Waals surface area contributed by atoms with Crippen molar-refractivity contribution in [1.82, 2.24) is 24.9 Å². The second kappa shape index (κ2) is 5.75. The predicted molar refractivity (Wildman–Crippen MR) is 76.6 cm³/mol. The van der Waals surface area contributed by atoms with Gasteiger partial charge < -0.3 is 5.32 Å². The molecular weight excluding hydrogens is 262 g/mol. The summed E-state index contributed by atoms with van der Waals surface area (Å²) in [5.41, 5.74) is 2.17. The van der Waals surface area contributed by atoms with Crippen molar-refractivity contribution in [2.75, 3.05) is 6.54 Å². The van der Waals surface area contributed by atoms with Crippen molar-refractivity contribution < 1.29 is 0 Å². The van der Waals surface area contributed by atoms with Gasteiger partial charge in [-0.3, -0.25) is 4.68 Å². The van der Waals surface area contributed by atoms with E-state index in [9.17, 15) is 0 Å². The van der Waals surface area contributed by atoms with Crippen LogP contribution >= 0.6 is 11.6 Å². The van der Waals surface area contributed by atoms with Crippen LogP contribution in [0.3, 0.4) is 0 Å². The minimum absolute atomic E-state index is 0.625. The Morgan fingerprint density at radius 3 is 2.74 bits per heavy atom. The van der Waals surface area contributed by atoms with Crippen LogP contribution in [0, 0.1) is 12.8 Å². The first-order valence-corrected chi connectivity index (χ1v) is 6.80. The van der Waals surface area contributed by atoms with Gasteiger partial charge >= 0.3 is 0 Å². The number of hydrogen-bond acceptors (Lipinski definition) is 3. The van der Waals surface area contributed by atoms with Gasteiger partial charge in [-0.05, 0) is 19.4 Å². The van der Waals surface area contributed by atoms with Crippen LogP contribution in [-0.2, 0) is 13.6 Å². The van der Waals surface area contributed by atoms with Gasteiger partial charge in [-0.25, -0.2) is 4.68 Å². The molecule has 0 aliphatic heterocycles. The molecule has 0 fully saturated rings. The summed E-state index contributed by atoms with van der Waals surface area (Å²) in [6.45, 7) is 8.16. The number of aromatic nitrogens is 4. The van der Waals surface area contributed by atoms with Crippen LogP contribution in [0.2, 0.25) is 5.02 Å². The zero-order chi connectivity index (χ0) is 14.0. The molecule has 0 amide bonds. The lowest BCUT2D eigenvalue weighted by Gasteiger charge is -2.09. The molecule has 0 spiro atoms. The van der Waals surface area contributed by atoms with Crippen LogP contribution in [0.25, 0.3) is 5.82 Å². The van der Waals surface area contributed by atoms with Gasteiger partial charge in [0.25, 0.3) is 0 Å². The molecule has 6 heteroatoms. The lowest BCUT2D eigenvalue weighted by Crippen LogP contribution is -2.20. The molecule has 0 bridgehead atoms. The third-order valence-corrected chi connectivity index (χ3v) is 3.13. The highest BCUT2D eigenvalue weighted by Gasteiger charge is 2.15. The first-order valence-electron chi connectivity index (χ1n) is 6.42. The van der Waals surface area contributed by atoms with Gasteiger partial charge in [-0.2, -0.15) is 10.2 Å². The quantitative estimate of drug-likeness (QED) is 0.915. The van der Waals surface area contributed by atoms with E-state index in [1.54, 1.807) is 17.1 Å². The zero-order valence-corrected chi connectivity index (χ0v) is 12.6. The molecule has 0 aliphatic rings. The Hall–Kier alpha value is -1.33. The smallest absolute Gasteiger partial charge is 0.156 e. The Kier molecular flexibility index (Phi) is 4.27. The van der Waals surface area contributed by atoms with Crippen LogP contribution in [0.15, 0.2) is 12.4 Å². The SMILES string of the molecule is Cc1nn(C)c(-n2cc(Cl)cn2)c1CNCC(C)C. The maximum Gasteiger partial charge on any atom is 0.156 e. The fraction of sp³-hybridized carbons (Fsp3) is 0.538. The van der Waals surface area contributed by atoms with Crippen LogP contribution in [-0.4, -0.2) is 26.1 Å². The molecule has 104 valence electrons. The van der Waals surface area contributed by atoms with E-state index in [2.05, 4.69) is 29.4 Å². The fourth-order valence-electron chi connectivity index (χ4n) is 2.09. The van der Waals surface area contributed by atoms with Gasteiger partial charge in [0.2, 0.25) is 0 Å². The molecule has 2 aromatic heterocycles. The molecule has 0 aromatic carbocycles. The fourth-order valence-corrected chi connectivity index (χ4v) is 2.22. The lowest BCUT2D eigenvalue weighted by molar-refractivity contribution is 0.550. The molecular formula is C13H20ClN5. The minimum Gasteiger partial charge on any atom is -0.312 e. The summed E-state index contributed by atoms with van der Waals surface area (Å²) in [6, 6.07) is 0. The molecule has 0 saturated heterocycles. The monoisotopic (exact) mass is 281 g/mol. The minimum atomic E-state index is 0.625. The van der Waals surface area contributed by atoms with Crippen molar-refractivity contribution in [2.45, 2.75) is 27.3 Å². The van der Waals surface area contributed by atoms with Gasteiger partial charge in [-0.1, -0.05) is 25.4 Å². The number of halogens is 1. The Morgan fingerprint density at radius 1 is 1.42 bits per heavy atom. The molecule has 0 saturated carbocycles. The normalized spacial score (nSPS) is 11.5. The molecule has 2 heterocycles. The van der Waals surface area contributed by atoms with E-state index in [-0.39, 0.29) is 0 Å². The molecule has 2 aromatic rings. The van der Waals surface area contributed by atoms with E-state index in [1.165, 1.54) is 0 Å². The Bertz CT molecular complexity index is 555. The third-order valence-electron chi connectivity index (χ3n) is 2.94. The number of hydrogen-bond donors (Lipinski definition) is 1. The summed E-state index contributed by atoms with van der Waals surface area (Å²) in [4.78, 5) is 0. The van der Waals surface area contributed by atoms with Crippen molar-refractivity contribution in [3.8, 4) is 5.82 Å². The molecule has 1 N–H and O–H groups in total. The summed E-state index contributed by atoms with van der Waals surface area (Å²) >= 11 is 5.94. The van der Waals surface area contributed by atoms with Crippen molar-refractivity contribution >= 4 is 11.6 Å². The van der Waals surface area contributed by atoms with Gasteiger partial charge in [-0.15, -0.1) is 0 Å². The Labute approximate surface area is 118 Å².